The van der Waals surface area contributed by atoms with Crippen LogP contribution in [0.4, 0.5) is 0 Å². The third-order valence-corrected chi connectivity index (χ3v) is 3.87. The van der Waals surface area contributed by atoms with Crippen LogP contribution in [0.15, 0.2) is 0 Å². The maximum atomic E-state index is 11.8. The van der Waals surface area contributed by atoms with Crippen molar-refractivity contribution in [2.24, 2.45) is 17.6 Å². The summed E-state index contributed by atoms with van der Waals surface area (Å²) in [7, 11) is 0. The summed E-state index contributed by atoms with van der Waals surface area (Å²) in [4.78, 5) is 14.1. The van der Waals surface area contributed by atoms with Crippen LogP contribution in [0.25, 0.3) is 0 Å². The van der Waals surface area contributed by atoms with Gasteiger partial charge >= 0.3 is 0 Å². The first-order valence-corrected chi connectivity index (χ1v) is 6.64. The highest BCUT2D eigenvalue weighted by Gasteiger charge is 2.41. The molecule has 0 aromatic heterocycles. The maximum absolute atomic E-state index is 11.8. The molecule has 3 N–H and O–H groups in total. The lowest BCUT2D eigenvalue weighted by Gasteiger charge is -2.23. The number of amides is 1. The average Bonchev–Trinajstić information content (AvgIpc) is 2.65. The molecule has 4 heteroatoms. The highest BCUT2D eigenvalue weighted by atomic mass is 16.2. The van der Waals surface area contributed by atoms with Gasteiger partial charge in [-0.15, -0.1) is 0 Å². The Hall–Kier alpha value is -0.610. The van der Waals surface area contributed by atoms with Crippen molar-refractivity contribution in [3.05, 3.63) is 0 Å². The Balaban J connectivity index is 1.80. The molecule has 1 aliphatic carbocycles. The molecule has 17 heavy (non-hydrogen) atoms. The number of nitrogens with zero attached hydrogens (tertiary/aromatic N) is 1. The largest absolute Gasteiger partial charge is 0.350 e. The minimum atomic E-state index is -0.136. The first-order valence-electron chi connectivity index (χ1n) is 6.64. The van der Waals surface area contributed by atoms with Crippen LogP contribution in [-0.4, -0.2) is 42.0 Å². The molecule has 3 unspecified atom stereocenters. The molecular formula is C13H25N3O. The Kier molecular flexibility index (Phi) is 3.46. The fourth-order valence-electron chi connectivity index (χ4n) is 3.19. The maximum Gasteiger partial charge on any atom is 0.234 e. The quantitative estimate of drug-likeness (QED) is 0.741. The summed E-state index contributed by atoms with van der Waals surface area (Å²) in [6.07, 6.45) is 2.40. The zero-order valence-corrected chi connectivity index (χ0v) is 11.2. The zero-order valence-electron chi connectivity index (χ0n) is 11.2. The van der Waals surface area contributed by atoms with Crippen LogP contribution in [0.5, 0.6) is 0 Å². The molecule has 1 heterocycles. The van der Waals surface area contributed by atoms with Crippen LogP contribution in [0.1, 0.15) is 33.6 Å². The number of carbonyl (C=O) groups is 1. The van der Waals surface area contributed by atoms with Gasteiger partial charge in [-0.1, -0.05) is 0 Å². The molecule has 2 rings (SSSR count). The highest BCUT2D eigenvalue weighted by molar-refractivity contribution is 5.78. The fraction of sp³-hybridized carbons (Fsp3) is 0.923. The Morgan fingerprint density at radius 1 is 1.35 bits per heavy atom. The molecule has 0 aromatic rings. The predicted molar refractivity (Wildman–Crippen MR) is 68.5 cm³/mol. The van der Waals surface area contributed by atoms with Crippen molar-refractivity contribution in [2.45, 2.75) is 45.2 Å². The minimum Gasteiger partial charge on any atom is -0.350 e. The molecular weight excluding hydrogens is 214 g/mol. The van der Waals surface area contributed by atoms with E-state index in [1.807, 2.05) is 20.8 Å². The van der Waals surface area contributed by atoms with Crippen molar-refractivity contribution in [1.29, 1.82) is 0 Å². The van der Waals surface area contributed by atoms with E-state index in [9.17, 15) is 4.79 Å². The average molecular weight is 239 g/mol. The van der Waals surface area contributed by atoms with E-state index in [1.54, 1.807) is 0 Å². The van der Waals surface area contributed by atoms with Crippen LogP contribution < -0.4 is 11.1 Å². The Labute approximate surface area is 104 Å². The summed E-state index contributed by atoms with van der Waals surface area (Å²) in [5, 5.41) is 3.01. The van der Waals surface area contributed by atoms with E-state index >= 15 is 0 Å². The van der Waals surface area contributed by atoms with Crippen molar-refractivity contribution >= 4 is 5.91 Å². The number of rotatable bonds is 2. The summed E-state index contributed by atoms with van der Waals surface area (Å²) in [5.74, 6) is 1.48. The molecule has 1 saturated carbocycles. The summed E-state index contributed by atoms with van der Waals surface area (Å²) in [6, 6.07) is 0.357. The fourth-order valence-corrected chi connectivity index (χ4v) is 3.19. The monoisotopic (exact) mass is 239 g/mol. The number of hydrogen-bond donors (Lipinski definition) is 2. The predicted octanol–water partition coefficient (Wildman–Crippen LogP) is 0.570. The van der Waals surface area contributed by atoms with Gasteiger partial charge in [-0.25, -0.2) is 0 Å². The first kappa shape index (κ1) is 12.8. The van der Waals surface area contributed by atoms with E-state index in [4.69, 9.17) is 5.73 Å². The van der Waals surface area contributed by atoms with Crippen molar-refractivity contribution in [3.8, 4) is 0 Å². The SMILES string of the molecule is CC(C)(C)NC(=O)CN1CC2CCC(N)C2C1. The molecule has 2 fully saturated rings. The Morgan fingerprint density at radius 3 is 2.65 bits per heavy atom. The number of nitrogens with two attached hydrogens (primary N) is 1. The molecule has 0 spiro atoms. The molecule has 0 bridgehead atoms. The van der Waals surface area contributed by atoms with Gasteiger partial charge in [0.15, 0.2) is 0 Å². The van der Waals surface area contributed by atoms with Gasteiger partial charge in [0.25, 0.3) is 0 Å². The molecule has 98 valence electrons. The number of hydrogen-bond acceptors (Lipinski definition) is 3. The minimum absolute atomic E-state index is 0.131. The van der Waals surface area contributed by atoms with Crippen LogP contribution in [0, 0.1) is 11.8 Å². The van der Waals surface area contributed by atoms with Crippen LogP contribution in [-0.2, 0) is 4.79 Å². The third-order valence-electron chi connectivity index (χ3n) is 3.87. The smallest absolute Gasteiger partial charge is 0.234 e. The number of likely N-dealkylation sites (tertiary alicyclic amines) is 1. The van der Waals surface area contributed by atoms with E-state index < -0.39 is 0 Å². The molecule has 4 nitrogen and oxygen atoms in total. The van der Waals surface area contributed by atoms with E-state index in [1.165, 1.54) is 6.42 Å². The second-order valence-electron chi connectivity index (χ2n) is 6.66. The van der Waals surface area contributed by atoms with Gasteiger partial charge in [0.2, 0.25) is 5.91 Å². The van der Waals surface area contributed by atoms with E-state index in [-0.39, 0.29) is 11.4 Å². The Morgan fingerprint density at radius 2 is 2.06 bits per heavy atom. The summed E-state index contributed by atoms with van der Waals surface area (Å²) in [5.41, 5.74) is 5.95. The molecule has 1 amide bonds. The van der Waals surface area contributed by atoms with Gasteiger partial charge in [0, 0.05) is 24.7 Å². The van der Waals surface area contributed by atoms with Crippen molar-refractivity contribution < 1.29 is 4.79 Å². The van der Waals surface area contributed by atoms with Gasteiger partial charge in [-0.05, 0) is 45.4 Å². The standard InChI is InChI=1S/C13H25N3O/c1-13(2,3)15-12(17)8-16-6-9-4-5-11(14)10(9)7-16/h9-11H,4-8,14H2,1-3H3,(H,15,17). The van der Waals surface area contributed by atoms with Gasteiger partial charge in [-0.2, -0.15) is 0 Å². The molecule has 2 aliphatic rings. The summed E-state index contributed by atoms with van der Waals surface area (Å²) in [6.45, 7) is 8.62. The molecule has 0 aromatic carbocycles. The zero-order chi connectivity index (χ0) is 12.6. The van der Waals surface area contributed by atoms with Crippen LogP contribution in [0.3, 0.4) is 0 Å². The lowest BCUT2D eigenvalue weighted by atomic mass is 9.98. The van der Waals surface area contributed by atoms with Gasteiger partial charge in [0.1, 0.15) is 0 Å². The Bertz CT molecular complexity index is 298. The van der Waals surface area contributed by atoms with Crippen molar-refractivity contribution in [1.82, 2.24) is 10.2 Å². The lowest BCUT2D eigenvalue weighted by Crippen LogP contribution is -2.45. The normalized spacial score (nSPS) is 33.8. The van der Waals surface area contributed by atoms with E-state index in [0.29, 0.717) is 18.5 Å². The van der Waals surface area contributed by atoms with E-state index in [0.717, 1.165) is 25.4 Å². The van der Waals surface area contributed by atoms with Gasteiger partial charge < -0.3 is 11.1 Å². The van der Waals surface area contributed by atoms with Crippen molar-refractivity contribution in [2.75, 3.05) is 19.6 Å². The van der Waals surface area contributed by atoms with Crippen LogP contribution >= 0.6 is 0 Å². The second-order valence-corrected chi connectivity index (χ2v) is 6.66. The topological polar surface area (TPSA) is 58.4 Å². The highest BCUT2D eigenvalue weighted by Crippen LogP contribution is 2.36. The van der Waals surface area contributed by atoms with Crippen molar-refractivity contribution in [3.63, 3.8) is 0 Å². The van der Waals surface area contributed by atoms with Gasteiger partial charge in [0.05, 0.1) is 6.54 Å². The molecule has 3 atom stereocenters. The second kappa shape index (κ2) is 4.58. The lowest BCUT2D eigenvalue weighted by molar-refractivity contribution is -0.123. The number of carbonyl (C=O) groups excluding carboxylic acids is 1. The summed E-state index contributed by atoms with van der Waals surface area (Å²) >= 11 is 0. The molecule has 1 saturated heterocycles. The van der Waals surface area contributed by atoms with Crippen LogP contribution in [0.2, 0.25) is 0 Å². The first-order chi connectivity index (χ1) is 7.85. The van der Waals surface area contributed by atoms with Gasteiger partial charge in [-0.3, -0.25) is 9.69 Å². The van der Waals surface area contributed by atoms with E-state index in [2.05, 4.69) is 10.2 Å². The number of fused-ring (bicyclic) bond motifs is 1. The third kappa shape index (κ3) is 3.19. The molecule has 1 aliphatic heterocycles. The molecule has 0 radical (unpaired) electrons. The number of nitrogens with one attached hydrogen (secondary N) is 1. The summed E-state index contributed by atoms with van der Waals surface area (Å²) < 4.78 is 0.